The summed E-state index contributed by atoms with van der Waals surface area (Å²) in [6.07, 6.45) is 1.66. The lowest BCUT2D eigenvalue weighted by Gasteiger charge is -2.18. The molecule has 0 unspecified atom stereocenters. The van der Waals surface area contributed by atoms with E-state index in [4.69, 9.17) is 0 Å². The van der Waals surface area contributed by atoms with E-state index in [0.717, 1.165) is 35.8 Å². The van der Waals surface area contributed by atoms with E-state index in [1.165, 1.54) is 12.1 Å². The molecule has 0 bridgehead atoms. The molecule has 0 atom stereocenters. The maximum atomic E-state index is 14.0. The van der Waals surface area contributed by atoms with Crippen molar-refractivity contribution in [2.75, 3.05) is 11.9 Å². The predicted octanol–water partition coefficient (Wildman–Crippen LogP) is 2.69. The first kappa shape index (κ1) is 14.2. The Kier molecular flexibility index (Phi) is 3.75. The van der Waals surface area contributed by atoms with Crippen LogP contribution in [0, 0.1) is 11.6 Å². The first-order chi connectivity index (χ1) is 10.1. The van der Waals surface area contributed by atoms with Crippen LogP contribution in [0.15, 0.2) is 27.5 Å². The number of nitrogens with zero attached hydrogens (tertiary/aromatic N) is 2. The number of anilines is 1. The molecule has 2 heterocycles. The molecule has 0 saturated heterocycles. The van der Waals surface area contributed by atoms with E-state index in [2.05, 4.69) is 26.3 Å². The molecule has 0 amide bonds. The Morgan fingerprint density at radius 3 is 3.00 bits per heavy atom. The van der Waals surface area contributed by atoms with Crippen molar-refractivity contribution in [3.63, 3.8) is 0 Å². The highest BCUT2D eigenvalue weighted by Gasteiger charge is 2.17. The van der Waals surface area contributed by atoms with Crippen molar-refractivity contribution in [2.24, 2.45) is 0 Å². The number of aromatic nitrogens is 2. The quantitative estimate of drug-likeness (QED) is 0.842. The first-order valence-corrected chi connectivity index (χ1v) is 7.33. The molecule has 2 aromatic rings. The summed E-state index contributed by atoms with van der Waals surface area (Å²) in [5.41, 5.74) is 0.888. The fourth-order valence-electron chi connectivity index (χ4n) is 2.32. The van der Waals surface area contributed by atoms with E-state index >= 15 is 0 Å². The number of nitrogens with one attached hydrogen (secondary N) is 1. The molecule has 3 rings (SSSR count). The predicted molar refractivity (Wildman–Crippen MR) is 78.5 cm³/mol. The number of fused-ring (bicyclic) bond motifs is 1. The van der Waals surface area contributed by atoms with E-state index in [0.29, 0.717) is 5.69 Å². The molecule has 1 aromatic heterocycles. The molecule has 0 aliphatic carbocycles. The van der Waals surface area contributed by atoms with E-state index in [1.807, 2.05) is 0 Å². The van der Waals surface area contributed by atoms with Crippen molar-refractivity contribution in [3.05, 3.63) is 55.9 Å². The number of benzene rings is 1. The fraction of sp³-hybridized carbons (Fsp3) is 0.286. The lowest BCUT2D eigenvalue weighted by atomic mass is 10.1. The van der Waals surface area contributed by atoms with Gasteiger partial charge in [-0.25, -0.2) is 13.5 Å². The van der Waals surface area contributed by atoms with Gasteiger partial charge in [-0.1, -0.05) is 0 Å². The van der Waals surface area contributed by atoms with Crippen LogP contribution >= 0.6 is 15.9 Å². The van der Waals surface area contributed by atoms with Gasteiger partial charge >= 0.3 is 0 Å². The Morgan fingerprint density at radius 2 is 2.19 bits per heavy atom. The lowest BCUT2D eigenvalue weighted by molar-refractivity contribution is 0.516. The van der Waals surface area contributed by atoms with Crippen LogP contribution in [0.1, 0.15) is 17.7 Å². The van der Waals surface area contributed by atoms with Gasteiger partial charge in [0.15, 0.2) is 0 Å². The van der Waals surface area contributed by atoms with Gasteiger partial charge in [-0.3, -0.25) is 4.79 Å². The monoisotopic (exact) mass is 355 g/mol. The summed E-state index contributed by atoms with van der Waals surface area (Å²) in [6.45, 7) is 0.566. The second kappa shape index (κ2) is 5.55. The van der Waals surface area contributed by atoms with Crippen LogP contribution in [0.25, 0.3) is 0 Å². The van der Waals surface area contributed by atoms with Gasteiger partial charge in [0.05, 0.1) is 22.4 Å². The molecule has 1 aliphatic heterocycles. The minimum atomic E-state index is -0.709. The number of hydrogen-bond acceptors (Lipinski definition) is 3. The average molecular weight is 356 g/mol. The zero-order valence-corrected chi connectivity index (χ0v) is 12.6. The molecule has 0 spiro atoms. The van der Waals surface area contributed by atoms with Crippen LogP contribution in [0.2, 0.25) is 0 Å². The molecule has 1 N–H and O–H groups in total. The topological polar surface area (TPSA) is 46.9 Å². The SMILES string of the molecule is O=c1cc2c(nn1Cc1c(F)ccc(Br)c1F)CCCN2. The Balaban J connectivity index is 2.03. The van der Waals surface area contributed by atoms with Gasteiger partial charge in [-0.2, -0.15) is 5.10 Å². The normalized spacial score (nSPS) is 13.7. The van der Waals surface area contributed by atoms with Crippen molar-refractivity contribution in [3.8, 4) is 0 Å². The molecule has 0 saturated carbocycles. The molecule has 0 fully saturated rings. The van der Waals surface area contributed by atoms with Crippen molar-refractivity contribution in [1.29, 1.82) is 0 Å². The van der Waals surface area contributed by atoms with Gasteiger partial charge < -0.3 is 5.32 Å². The summed E-state index contributed by atoms with van der Waals surface area (Å²) < 4.78 is 29.0. The average Bonchev–Trinajstić information content (AvgIpc) is 2.48. The van der Waals surface area contributed by atoms with Crippen LogP contribution in [0.3, 0.4) is 0 Å². The molecule has 7 heteroatoms. The van der Waals surface area contributed by atoms with Crippen LogP contribution in [0.4, 0.5) is 14.5 Å². The van der Waals surface area contributed by atoms with Gasteiger partial charge in [-0.15, -0.1) is 0 Å². The molecule has 1 aromatic carbocycles. The lowest BCUT2D eigenvalue weighted by Crippen LogP contribution is -2.28. The Hall–Kier alpha value is -1.76. The van der Waals surface area contributed by atoms with Gasteiger partial charge in [-0.05, 0) is 40.9 Å². The van der Waals surface area contributed by atoms with E-state index in [9.17, 15) is 13.6 Å². The number of halogens is 3. The van der Waals surface area contributed by atoms with Crippen LogP contribution in [-0.2, 0) is 13.0 Å². The van der Waals surface area contributed by atoms with Gasteiger partial charge in [0, 0.05) is 18.2 Å². The van der Waals surface area contributed by atoms with Gasteiger partial charge in [0.2, 0.25) is 0 Å². The Bertz CT molecular complexity index is 761. The minimum absolute atomic E-state index is 0.159. The maximum absolute atomic E-state index is 14.0. The Labute approximate surface area is 127 Å². The highest BCUT2D eigenvalue weighted by molar-refractivity contribution is 9.10. The summed E-state index contributed by atoms with van der Waals surface area (Å²) in [6, 6.07) is 3.88. The van der Waals surface area contributed by atoms with Crippen molar-refractivity contribution < 1.29 is 8.78 Å². The van der Waals surface area contributed by atoms with E-state index in [-0.39, 0.29) is 22.1 Å². The molecular formula is C14H12BrF2N3O. The first-order valence-electron chi connectivity index (χ1n) is 6.53. The summed E-state index contributed by atoms with van der Waals surface area (Å²) >= 11 is 3.01. The summed E-state index contributed by atoms with van der Waals surface area (Å²) in [5, 5.41) is 7.31. The number of aryl methyl sites for hydroxylation is 1. The van der Waals surface area contributed by atoms with Crippen molar-refractivity contribution in [1.82, 2.24) is 9.78 Å². The van der Waals surface area contributed by atoms with Crippen LogP contribution in [-0.4, -0.2) is 16.3 Å². The van der Waals surface area contributed by atoms with Gasteiger partial charge in [0.25, 0.3) is 5.56 Å². The molecule has 1 aliphatic rings. The molecule has 4 nitrogen and oxygen atoms in total. The molecule has 110 valence electrons. The highest BCUT2D eigenvalue weighted by Crippen LogP contribution is 2.22. The molecule has 21 heavy (non-hydrogen) atoms. The fourth-order valence-corrected chi connectivity index (χ4v) is 2.70. The third-order valence-electron chi connectivity index (χ3n) is 3.43. The second-order valence-electron chi connectivity index (χ2n) is 4.85. The molecular weight excluding hydrogens is 344 g/mol. The van der Waals surface area contributed by atoms with Gasteiger partial charge in [0.1, 0.15) is 11.6 Å². The van der Waals surface area contributed by atoms with Crippen LogP contribution in [0.5, 0.6) is 0 Å². The van der Waals surface area contributed by atoms with E-state index < -0.39 is 11.6 Å². The van der Waals surface area contributed by atoms with Crippen LogP contribution < -0.4 is 10.9 Å². The Morgan fingerprint density at radius 1 is 1.38 bits per heavy atom. The largest absolute Gasteiger partial charge is 0.383 e. The number of rotatable bonds is 2. The molecule has 0 radical (unpaired) electrons. The highest BCUT2D eigenvalue weighted by atomic mass is 79.9. The zero-order chi connectivity index (χ0) is 15.0. The minimum Gasteiger partial charge on any atom is -0.383 e. The standard InChI is InChI=1S/C14H12BrF2N3O/c15-9-3-4-10(16)8(14(9)17)7-20-13(21)6-12-11(19-20)2-1-5-18-12/h3-4,6,18H,1-2,5,7H2. The maximum Gasteiger partial charge on any atom is 0.269 e. The third kappa shape index (κ3) is 2.70. The van der Waals surface area contributed by atoms with Crippen molar-refractivity contribution >= 4 is 21.6 Å². The number of hydrogen-bond donors (Lipinski definition) is 1. The third-order valence-corrected chi connectivity index (χ3v) is 4.04. The smallest absolute Gasteiger partial charge is 0.269 e. The second-order valence-corrected chi connectivity index (χ2v) is 5.71. The van der Waals surface area contributed by atoms with Crippen molar-refractivity contribution in [2.45, 2.75) is 19.4 Å². The summed E-state index contributed by atoms with van der Waals surface area (Å²) in [5.74, 6) is -1.40. The summed E-state index contributed by atoms with van der Waals surface area (Å²) in [4.78, 5) is 12.0. The zero-order valence-electron chi connectivity index (χ0n) is 11.0. The summed E-state index contributed by atoms with van der Waals surface area (Å²) in [7, 11) is 0. The van der Waals surface area contributed by atoms with E-state index in [1.54, 1.807) is 0 Å².